The van der Waals surface area contributed by atoms with Gasteiger partial charge in [0.15, 0.2) is 5.76 Å². The molecular formula is C12H16BrNO2. The number of hydrogen-bond acceptors (Lipinski definition) is 2. The molecule has 1 aliphatic heterocycles. The molecule has 1 saturated heterocycles. The van der Waals surface area contributed by atoms with E-state index in [4.69, 9.17) is 4.42 Å². The molecule has 0 atom stereocenters. The molecule has 3 nitrogen and oxygen atoms in total. The summed E-state index contributed by atoms with van der Waals surface area (Å²) in [6, 6.07) is 3.66. The Bertz CT molecular complexity index is 367. The molecule has 1 aromatic heterocycles. The standard InChI is InChI=1S/C12H16BrNO2/c1-2-10-3-4-11(16-10)12(15)14-7-5-9(13)6-8-14/h3-4,9H,2,5-8H2,1H3. The van der Waals surface area contributed by atoms with Gasteiger partial charge in [0.25, 0.3) is 5.91 Å². The zero-order valence-electron chi connectivity index (χ0n) is 9.41. The summed E-state index contributed by atoms with van der Waals surface area (Å²) in [5, 5.41) is 0. The molecule has 0 unspecified atom stereocenters. The molecule has 0 N–H and O–H groups in total. The van der Waals surface area contributed by atoms with Gasteiger partial charge in [0.05, 0.1) is 0 Å². The maximum atomic E-state index is 12.1. The van der Waals surface area contributed by atoms with Crippen molar-refractivity contribution in [1.82, 2.24) is 4.90 Å². The number of halogens is 1. The highest BCUT2D eigenvalue weighted by molar-refractivity contribution is 9.09. The highest BCUT2D eigenvalue weighted by Crippen LogP contribution is 2.20. The molecule has 0 saturated carbocycles. The van der Waals surface area contributed by atoms with Crippen LogP contribution in [0, 0.1) is 0 Å². The summed E-state index contributed by atoms with van der Waals surface area (Å²) < 4.78 is 5.47. The molecule has 1 fully saturated rings. The molecule has 0 aromatic carbocycles. The Morgan fingerprint density at radius 2 is 2.19 bits per heavy atom. The van der Waals surface area contributed by atoms with Gasteiger partial charge in [-0.2, -0.15) is 0 Å². The van der Waals surface area contributed by atoms with Gasteiger partial charge in [-0.3, -0.25) is 4.79 Å². The zero-order chi connectivity index (χ0) is 11.5. The summed E-state index contributed by atoms with van der Waals surface area (Å²) in [6.45, 7) is 3.65. The van der Waals surface area contributed by atoms with E-state index in [0.29, 0.717) is 10.6 Å². The molecule has 1 amide bonds. The second kappa shape index (κ2) is 5.04. The molecular weight excluding hydrogens is 270 g/mol. The molecule has 2 rings (SSSR count). The van der Waals surface area contributed by atoms with Gasteiger partial charge in [-0.05, 0) is 25.0 Å². The largest absolute Gasteiger partial charge is 0.456 e. The number of furan rings is 1. The van der Waals surface area contributed by atoms with Crippen molar-refractivity contribution in [2.24, 2.45) is 0 Å². The lowest BCUT2D eigenvalue weighted by Gasteiger charge is -2.28. The van der Waals surface area contributed by atoms with Crippen molar-refractivity contribution in [3.63, 3.8) is 0 Å². The van der Waals surface area contributed by atoms with Crippen LogP contribution in [0.5, 0.6) is 0 Å². The Hall–Kier alpha value is -0.770. The lowest BCUT2D eigenvalue weighted by Crippen LogP contribution is -2.38. The van der Waals surface area contributed by atoms with Gasteiger partial charge < -0.3 is 9.32 Å². The molecule has 1 aromatic rings. The Balaban J connectivity index is 2.01. The third kappa shape index (κ3) is 2.48. The van der Waals surface area contributed by atoms with E-state index in [-0.39, 0.29) is 5.91 Å². The van der Waals surface area contributed by atoms with Crippen LogP contribution in [0.2, 0.25) is 0 Å². The van der Waals surface area contributed by atoms with Crippen molar-refractivity contribution in [3.05, 3.63) is 23.7 Å². The minimum atomic E-state index is 0.0269. The van der Waals surface area contributed by atoms with Crippen LogP contribution in [0.3, 0.4) is 0 Å². The van der Waals surface area contributed by atoms with Crippen LogP contribution >= 0.6 is 15.9 Å². The molecule has 0 aliphatic carbocycles. The predicted molar refractivity (Wildman–Crippen MR) is 65.9 cm³/mol. The van der Waals surface area contributed by atoms with Gasteiger partial charge in [0.1, 0.15) is 5.76 Å². The Kier molecular flexibility index (Phi) is 3.69. The summed E-state index contributed by atoms with van der Waals surface area (Å²) in [5.74, 6) is 1.38. The van der Waals surface area contributed by atoms with Crippen molar-refractivity contribution in [3.8, 4) is 0 Å². The van der Waals surface area contributed by atoms with Crippen LogP contribution in [-0.2, 0) is 6.42 Å². The quantitative estimate of drug-likeness (QED) is 0.783. The van der Waals surface area contributed by atoms with Crippen molar-refractivity contribution in [1.29, 1.82) is 0 Å². The highest BCUT2D eigenvalue weighted by atomic mass is 79.9. The van der Waals surface area contributed by atoms with E-state index < -0.39 is 0 Å². The molecule has 0 spiro atoms. The second-order valence-electron chi connectivity index (χ2n) is 4.09. The van der Waals surface area contributed by atoms with Gasteiger partial charge in [-0.15, -0.1) is 0 Å². The zero-order valence-corrected chi connectivity index (χ0v) is 11.0. The molecule has 2 heterocycles. The topological polar surface area (TPSA) is 33.5 Å². The van der Waals surface area contributed by atoms with Gasteiger partial charge in [-0.25, -0.2) is 0 Å². The Morgan fingerprint density at radius 3 is 2.75 bits per heavy atom. The van der Waals surface area contributed by atoms with E-state index in [1.54, 1.807) is 6.07 Å². The summed E-state index contributed by atoms with van der Waals surface area (Å²) in [7, 11) is 0. The summed E-state index contributed by atoms with van der Waals surface area (Å²) in [5.41, 5.74) is 0. The van der Waals surface area contributed by atoms with Crippen LogP contribution in [0.4, 0.5) is 0 Å². The third-order valence-electron chi connectivity index (χ3n) is 2.93. The fourth-order valence-electron chi connectivity index (χ4n) is 1.89. The Labute approximate surface area is 104 Å². The maximum Gasteiger partial charge on any atom is 0.289 e. The summed E-state index contributed by atoms with van der Waals surface area (Å²) in [6.07, 6.45) is 2.87. The number of carbonyl (C=O) groups excluding carboxylic acids is 1. The van der Waals surface area contributed by atoms with Gasteiger partial charge in [0, 0.05) is 24.3 Å². The lowest BCUT2D eigenvalue weighted by molar-refractivity contribution is 0.0694. The number of nitrogens with zero attached hydrogens (tertiary/aromatic N) is 1. The maximum absolute atomic E-state index is 12.1. The first-order chi connectivity index (χ1) is 7.70. The Morgan fingerprint density at radius 1 is 1.50 bits per heavy atom. The molecule has 0 radical (unpaired) electrons. The smallest absolute Gasteiger partial charge is 0.289 e. The fraction of sp³-hybridized carbons (Fsp3) is 0.583. The molecule has 88 valence electrons. The van der Waals surface area contributed by atoms with E-state index >= 15 is 0 Å². The first-order valence-electron chi connectivity index (χ1n) is 5.72. The fourth-order valence-corrected chi connectivity index (χ4v) is 2.30. The highest BCUT2D eigenvalue weighted by Gasteiger charge is 2.23. The van der Waals surface area contributed by atoms with Crippen LogP contribution in [-0.4, -0.2) is 28.7 Å². The number of rotatable bonds is 2. The molecule has 1 aliphatic rings. The number of piperidine rings is 1. The van der Waals surface area contributed by atoms with E-state index in [1.807, 2.05) is 17.9 Å². The number of alkyl halides is 1. The van der Waals surface area contributed by atoms with Crippen LogP contribution in [0.25, 0.3) is 0 Å². The van der Waals surface area contributed by atoms with Crippen LogP contribution < -0.4 is 0 Å². The number of likely N-dealkylation sites (tertiary alicyclic amines) is 1. The molecule has 0 bridgehead atoms. The van der Waals surface area contributed by atoms with Gasteiger partial charge in [0.2, 0.25) is 0 Å². The van der Waals surface area contributed by atoms with E-state index in [2.05, 4.69) is 15.9 Å². The summed E-state index contributed by atoms with van der Waals surface area (Å²) >= 11 is 3.57. The third-order valence-corrected chi connectivity index (χ3v) is 3.85. The molecule has 16 heavy (non-hydrogen) atoms. The van der Waals surface area contributed by atoms with Crippen molar-refractivity contribution >= 4 is 21.8 Å². The van der Waals surface area contributed by atoms with Crippen LogP contribution in [0.15, 0.2) is 16.5 Å². The van der Waals surface area contributed by atoms with Crippen molar-refractivity contribution < 1.29 is 9.21 Å². The lowest BCUT2D eigenvalue weighted by atomic mass is 10.1. The SMILES string of the molecule is CCc1ccc(C(=O)N2CCC(Br)CC2)o1. The van der Waals surface area contributed by atoms with E-state index in [1.165, 1.54) is 0 Å². The minimum absolute atomic E-state index is 0.0269. The van der Waals surface area contributed by atoms with E-state index in [9.17, 15) is 4.79 Å². The van der Waals surface area contributed by atoms with Crippen LogP contribution in [0.1, 0.15) is 36.1 Å². The van der Waals surface area contributed by atoms with Crippen molar-refractivity contribution in [2.45, 2.75) is 31.0 Å². The first kappa shape index (κ1) is 11.7. The second-order valence-corrected chi connectivity index (χ2v) is 5.38. The average molecular weight is 286 g/mol. The molecule has 4 heteroatoms. The van der Waals surface area contributed by atoms with Gasteiger partial charge in [-0.1, -0.05) is 22.9 Å². The van der Waals surface area contributed by atoms with E-state index in [0.717, 1.165) is 38.1 Å². The van der Waals surface area contributed by atoms with Gasteiger partial charge >= 0.3 is 0 Å². The number of hydrogen-bond donors (Lipinski definition) is 0. The predicted octanol–water partition coefficient (Wildman–Crippen LogP) is 2.84. The monoisotopic (exact) mass is 285 g/mol. The number of aryl methyl sites for hydroxylation is 1. The average Bonchev–Trinajstić information content (AvgIpc) is 2.77. The minimum Gasteiger partial charge on any atom is -0.456 e. The first-order valence-corrected chi connectivity index (χ1v) is 6.64. The number of carbonyl (C=O) groups is 1. The number of amides is 1. The summed E-state index contributed by atoms with van der Waals surface area (Å²) in [4.78, 5) is 14.5. The van der Waals surface area contributed by atoms with Crippen molar-refractivity contribution in [2.75, 3.05) is 13.1 Å². The normalized spacial score (nSPS) is 17.8.